The zero-order valence-corrected chi connectivity index (χ0v) is 24.5. The van der Waals surface area contributed by atoms with Gasteiger partial charge >= 0.3 is 6.09 Å². The number of guanidine groups is 1. The monoisotopic (exact) mass is 575 g/mol. The van der Waals surface area contributed by atoms with Crippen LogP contribution >= 0.6 is 0 Å². The van der Waals surface area contributed by atoms with Crippen molar-refractivity contribution in [2.45, 2.75) is 64.2 Å². The summed E-state index contributed by atoms with van der Waals surface area (Å²) in [6, 6.07) is 5.72. The molecule has 0 radical (unpaired) electrons. The van der Waals surface area contributed by atoms with Gasteiger partial charge in [-0.3, -0.25) is 0 Å². The van der Waals surface area contributed by atoms with Crippen molar-refractivity contribution in [1.82, 2.24) is 9.21 Å². The number of aliphatic hydroxyl groups excluding tert-OH is 1. The normalized spacial score (nSPS) is 19.9. The van der Waals surface area contributed by atoms with E-state index in [1.165, 1.54) is 32.4 Å². The Morgan fingerprint density at radius 1 is 1.26 bits per heavy atom. The standard InChI is InChI=1S/C26H42FN3O8S/c1-7-8-13-37-20(17-31)16-26(21-11-9-10-12-22(21)27)18-39(33,34)29(5)23(28-26)30(19-36-15-14-35-6)24(32)38-25(2,3)4/h9-12,20,31H,7-8,13-19H2,1-6H3. The van der Waals surface area contributed by atoms with Gasteiger partial charge in [-0.15, -0.1) is 0 Å². The van der Waals surface area contributed by atoms with E-state index >= 15 is 4.39 Å². The molecule has 39 heavy (non-hydrogen) atoms. The number of amides is 1. The number of methoxy groups -OCH3 is 1. The summed E-state index contributed by atoms with van der Waals surface area (Å²) in [5, 5.41) is 10.1. The molecule has 2 atom stereocenters. The van der Waals surface area contributed by atoms with Gasteiger partial charge in [-0.05, 0) is 33.3 Å². The fraction of sp³-hybridized carbons (Fsp3) is 0.692. The number of ether oxygens (including phenoxy) is 4. The molecule has 0 fully saturated rings. The number of carbonyl (C=O) groups excluding carboxylic acids is 1. The van der Waals surface area contributed by atoms with Gasteiger partial charge in [0.25, 0.3) is 0 Å². The van der Waals surface area contributed by atoms with Crippen LogP contribution in [0.5, 0.6) is 0 Å². The Bertz CT molecular complexity index is 1080. The maximum atomic E-state index is 15.3. The molecule has 0 aliphatic carbocycles. The first kappa shape index (κ1) is 32.9. The molecule has 0 aromatic heterocycles. The van der Waals surface area contributed by atoms with Gasteiger partial charge in [0, 0.05) is 32.7 Å². The van der Waals surface area contributed by atoms with E-state index in [0.717, 1.165) is 22.0 Å². The molecule has 11 nitrogen and oxygen atoms in total. The van der Waals surface area contributed by atoms with Gasteiger partial charge in [-0.1, -0.05) is 31.5 Å². The Kier molecular flexibility index (Phi) is 12.1. The second kappa shape index (κ2) is 14.4. The summed E-state index contributed by atoms with van der Waals surface area (Å²) in [4.78, 5) is 19.0. The zero-order chi connectivity index (χ0) is 29.3. The first-order valence-corrected chi connectivity index (χ1v) is 14.5. The molecule has 1 aliphatic heterocycles. The Hall–Kier alpha value is -2.32. The molecule has 1 aromatic rings. The Balaban J connectivity index is 2.71. The van der Waals surface area contributed by atoms with Crippen LogP contribution < -0.4 is 0 Å². The van der Waals surface area contributed by atoms with Crippen molar-refractivity contribution in [3.8, 4) is 0 Å². The van der Waals surface area contributed by atoms with E-state index in [0.29, 0.717) is 6.61 Å². The number of benzene rings is 1. The minimum atomic E-state index is -4.15. The summed E-state index contributed by atoms with van der Waals surface area (Å²) in [6.07, 6.45) is -0.316. The summed E-state index contributed by atoms with van der Waals surface area (Å²) in [6.45, 7) is 6.82. The Labute approximate surface area is 230 Å². The van der Waals surface area contributed by atoms with Crippen LogP contribution in [-0.4, -0.2) is 99.6 Å². The highest BCUT2D eigenvalue weighted by molar-refractivity contribution is 7.89. The molecular weight excluding hydrogens is 533 g/mol. The molecule has 222 valence electrons. The molecule has 1 heterocycles. The molecule has 1 N–H and O–H groups in total. The van der Waals surface area contributed by atoms with Crippen molar-refractivity contribution in [3.05, 3.63) is 35.6 Å². The lowest BCUT2D eigenvalue weighted by Crippen LogP contribution is -2.57. The van der Waals surface area contributed by atoms with Crippen molar-refractivity contribution < 1.29 is 41.7 Å². The van der Waals surface area contributed by atoms with Gasteiger partial charge in [-0.2, -0.15) is 0 Å². The van der Waals surface area contributed by atoms with E-state index in [1.807, 2.05) is 6.92 Å². The van der Waals surface area contributed by atoms with Crippen molar-refractivity contribution in [3.63, 3.8) is 0 Å². The van der Waals surface area contributed by atoms with Gasteiger partial charge < -0.3 is 24.1 Å². The number of sulfonamides is 1. The molecular formula is C26H42FN3O8S. The van der Waals surface area contributed by atoms with Crippen LogP contribution in [0.2, 0.25) is 0 Å². The Morgan fingerprint density at radius 3 is 2.54 bits per heavy atom. The number of halogens is 1. The topological polar surface area (TPSA) is 127 Å². The summed E-state index contributed by atoms with van der Waals surface area (Å²) in [5.41, 5.74) is -2.63. The molecule has 0 bridgehead atoms. The predicted molar refractivity (Wildman–Crippen MR) is 144 cm³/mol. The lowest BCUT2D eigenvalue weighted by atomic mass is 9.86. The highest BCUT2D eigenvalue weighted by Crippen LogP contribution is 2.39. The number of aliphatic hydroxyl groups is 1. The third-order valence-corrected chi connectivity index (χ3v) is 7.78. The lowest BCUT2D eigenvalue weighted by molar-refractivity contribution is -0.00847. The quantitative estimate of drug-likeness (QED) is 0.281. The summed E-state index contributed by atoms with van der Waals surface area (Å²) in [7, 11) is -1.40. The molecule has 2 unspecified atom stereocenters. The van der Waals surface area contributed by atoms with E-state index < -0.39 is 58.3 Å². The molecule has 1 amide bonds. The Morgan fingerprint density at radius 2 is 1.95 bits per heavy atom. The highest BCUT2D eigenvalue weighted by Gasteiger charge is 2.49. The van der Waals surface area contributed by atoms with Gasteiger partial charge in [0.15, 0.2) is 0 Å². The van der Waals surface area contributed by atoms with Crippen molar-refractivity contribution in [1.29, 1.82) is 0 Å². The number of unbranched alkanes of at least 4 members (excludes halogenated alkanes) is 1. The molecule has 13 heteroatoms. The maximum absolute atomic E-state index is 15.3. The molecule has 0 saturated heterocycles. The number of carbonyl (C=O) groups is 1. The summed E-state index contributed by atoms with van der Waals surface area (Å²) in [5.74, 6) is -1.59. The third-order valence-electron chi connectivity index (χ3n) is 5.94. The number of rotatable bonds is 13. The average Bonchev–Trinajstić information content (AvgIpc) is 2.85. The smallest absolute Gasteiger partial charge is 0.419 e. The first-order chi connectivity index (χ1) is 18.3. The zero-order valence-electron chi connectivity index (χ0n) is 23.7. The number of nitrogens with zero attached hydrogens (tertiary/aromatic N) is 3. The minimum Gasteiger partial charge on any atom is -0.443 e. The predicted octanol–water partition coefficient (Wildman–Crippen LogP) is 3.08. The van der Waals surface area contributed by atoms with Crippen LogP contribution in [0.1, 0.15) is 52.5 Å². The van der Waals surface area contributed by atoms with Crippen LogP contribution in [0.4, 0.5) is 9.18 Å². The number of hydrogen-bond donors (Lipinski definition) is 1. The molecule has 1 aliphatic rings. The van der Waals surface area contributed by atoms with E-state index in [2.05, 4.69) is 0 Å². The largest absolute Gasteiger partial charge is 0.443 e. The summed E-state index contributed by atoms with van der Waals surface area (Å²) >= 11 is 0. The van der Waals surface area contributed by atoms with E-state index in [-0.39, 0.29) is 31.2 Å². The fourth-order valence-electron chi connectivity index (χ4n) is 3.99. The van der Waals surface area contributed by atoms with Gasteiger partial charge in [0.05, 0.1) is 31.7 Å². The second-order valence-electron chi connectivity index (χ2n) is 10.3. The van der Waals surface area contributed by atoms with Crippen LogP contribution in [0.15, 0.2) is 29.3 Å². The maximum Gasteiger partial charge on any atom is 0.419 e. The van der Waals surface area contributed by atoms with Gasteiger partial charge in [0.2, 0.25) is 16.0 Å². The van der Waals surface area contributed by atoms with Gasteiger partial charge in [-0.25, -0.2) is 31.8 Å². The molecule has 1 aromatic carbocycles. The first-order valence-electron chi connectivity index (χ1n) is 12.9. The van der Waals surface area contributed by atoms with Crippen LogP contribution in [0, 0.1) is 5.82 Å². The van der Waals surface area contributed by atoms with Crippen molar-refractivity contribution in [2.24, 2.45) is 4.99 Å². The SMILES string of the molecule is CCCCOC(CO)CC1(c2ccccc2F)CS(=O)(=O)N(C)C(N(COCCOC)C(=O)OC(C)(C)C)=N1. The average molecular weight is 576 g/mol. The van der Waals surface area contributed by atoms with Crippen molar-refractivity contribution in [2.75, 3.05) is 53.1 Å². The third kappa shape index (κ3) is 9.10. The number of aliphatic imine (C=N–C) groups is 1. The van der Waals surface area contributed by atoms with E-state index in [4.69, 9.17) is 23.9 Å². The van der Waals surface area contributed by atoms with Crippen LogP contribution in [0.25, 0.3) is 0 Å². The van der Waals surface area contributed by atoms with Crippen LogP contribution in [0.3, 0.4) is 0 Å². The number of hydrogen-bond acceptors (Lipinski definition) is 9. The molecule has 0 spiro atoms. The minimum absolute atomic E-state index is 0.00107. The fourth-order valence-corrected chi connectivity index (χ4v) is 5.52. The van der Waals surface area contributed by atoms with E-state index in [9.17, 15) is 18.3 Å². The molecule has 2 rings (SSSR count). The van der Waals surface area contributed by atoms with Crippen LogP contribution in [-0.2, 0) is 34.5 Å². The van der Waals surface area contributed by atoms with Crippen molar-refractivity contribution >= 4 is 22.1 Å². The highest BCUT2D eigenvalue weighted by atomic mass is 32.2. The summed E-state index contributed by atoms with van der Waals surface area (Å²) < 4.78 is 65.2. The molecule has 0 saturated carbocycles. The van der Waals surface area contributed by atoms with Gasteiger partial charge in [0.1, 0.15) is 23.7 Å². The van der Waals surface area contributed by atoms with E-state index in [1.54, 1.807) is 26.8 Å². The second-order valence-corrected chi connectivity index (χ2v) is 12.3. The lowest BCUT2D eigenvalue weighted by Gasteiger charge is -2.42.